The lowest BCUT2D eigenvalue weighted by Gasteiger charge is -2.28. The highest BCUT2D eigenvalue weighted by Crippen LogP contribution is 2.24. The van der Waals surface area contributed by atoms with Gasteiger partial charge in [-0.1, -0.05) is 18.5 Å². The van der Waals surface area contributed by atoms with Gasteiger partial charge in [-0.15, -0.1) is 11.8 Å². The summed E-state index contributed by atoms with van der Waals surface area (Å²) in [7, 11) is 0. The molecule has 0 heterocycles. The van der Waals surface area contributed by atoms with Crippen molar-refractivity contribution >= 4 is 23.4 Å². The molecule has 2 N–H and O–H groups in total. The molecule has 0 saturated heterocycles. The van der Waals surface area contributed by atoms with Crippen molar-refractivity contribution in [2.75, 3.05) is 18.9 Å². The highest BCUT2D eigenvalue weighted by Gasteiger charge is 2.22. The molecule has 96 valence electrons. The zero-order valence-corrected chi connectivity index (χ0v) is 11.9. The van der Waals surface area contributed by atoms with Crippen LogP contribution in [0, 0.1) is 0 Å². The van der Waals surface area contributed by atoms with Crippen LogP contribution in [0.5, 0.6) is 0 Å². The zero-order chi connectivity index (χ0) is 12.7. The Kier molecular flexibility index (Phi) is 6.34. The lowest BCUT2D eigenvalue weighted by atomic mass is 10.1. The van der Waals surface area contributed by atoms with Crippen molar-refractivity contribution in [3.8, 4) is 0 Å². The molecule has 0 aromatic heterocycles. The summed E-state index contributed by atoms with van der Waals surface area (Å²) in [6, 6.07) is 7.79. The number of benzene rings is 1. The SMILES string of the molecule is CCCNC(C)(CO)CSc1ccc(Cl)cc1. The first kappa shape index (κ1) is 14.8. The van der Waals surface area contributed by atoms with Crippen molar-refractivity contribution < 1.29 is 5.11 Å². The largest absolute Gasteiger partial charge is 0.394 e. The predicted octanol–water partition coefficient (Wildman–Crippen LogP) is 3.18. The first-order valence-corrected chi connectivity index (χ1v) is 7.20. The van der Waals surface area contributed by atoms with Crippen LogP contribution in [-0.2, 0) is 0 Å². The molecule has 1 aromatic rings. The van der Waals surface area contributed by atoms with E-state index in [9.17, 15) is 5.11 Å². The van der Waals surface area contributed by atoms with Crippen molar-refractivity contribution in [1.82, 2.24) is 5.32 Å². The molecule has 0 aliphatic rings. The van der Waals surface area contributed by atoms with E-state index in [2.05, 4.69) is 12.2 Å². The quantitative estimate of drug-likeness (QED) is 0.749. The molecule has 0 radical (unpaired) electrons. The number of aliphatic hydroxyl groups excluding tert-OH is 1. The number of thioether (sulfide) groups is 1. The summed E-state index contributed by atoms with van der Waals surface area (Å²) in [4.78, 5) is 1.17. The molecule has 1 aromatic carbocycles. The highest BCUT2D eigenvalue weighted by molar-refractivity contribution is 7.99. The number of rotatable bonds is 7. The van der Waals surface area contributed by atoms with Gasteiger partial charge in [-0.2, -0.15) is 0 Å². The number of halogens is 1. The van der Waals surface area contributed by atoms with E-state index in [0.717, 1.165) is 23.7 Å². The standard InChI is InChI=1S/C13H20ClNOS/c1-3-8-15-13(2,9-16)10-17-12-6-4-11(14)5-7-12/h4-7,15-16H,3,8-10H2,1-2H3. The molecule has 1 atom stereocenters. The van der Waals surface area contributed by atoms with Crippen molar-refractivity contribution in [2.45, 2.75) is 30.7 Å². The molecule has 0 aliphatic carbocycles. The molecule has 1 rings (SSSR count). The van der Waals surface area contributed by atoms with Crippen LogP contribution in [0.4, 0.5) is 0 Å². The third-order valence-electron chi connectivity index (χ3n) is 2.52. The Hall–Kier alpha value is -0.220. The minimum Gasteiger partial charge on any atom is -0.394 e. The van der Waals surface area contributed by atoms with Crippen LogP contribution in [0.2, 0.25) is 5.02 Å². The topological polar surface area (TPSA) is 32.3 Å². The Morgan fingerprint density at radius 1 is 1.35 bits per heavy atom. The number of hydrogen-bond donors (Lipinski definition) is 2. The Morgan fingerprint density at radius 3 is 2.53 bits per heavy atom. The third-order valence-corrected chi connectivity index (χ3v) is 4.16. The van der Waals surface area contributed by atoms with E-state index >= 15 is 0 Å². The molecular formula is C13H20ClNOS. The summed E-state index contributed by atoms with van der Waals surface area (Å²) >= 11 is 7.57. The Morgan fingerprint density at radius 2 is 2.00 bits per heavy atom. The maximum Gasteiger partial charge on any atom is 0.0618 e. The van der Waals surface area contributed by atoms with Gasteiger partial charge in [-0.05, 0) is 44.2 Å². The number of nitrogens with one attached hydrogen (secondary N) is 1. The predicted molar refractivity (Wildman–Crippen MR) is 76.0 cm³/mol. The van der Waals surface area contributed by atoms with Gasteiger partial charge >= 0.3 is 0 Å². The maximum atomic E-state index is 9.44. The normalized spacial score (nSPS) is 14.6. The van der Waals surface area contributed by atoms with Crippen molar-refractivity contribution in [3.05, 3.63) is 29.3 Å². The number of hydrogen-bond acceptors (Lipinski definition) is 3. The highest BCUT2D eigenvalue weighted by atomic mass is 35.5. The van der Waals surface area contributed by atoms with Gasteiger partial charge in [0, 0.05) is 21.2 Å². The van der Waals surface area contributed by atoms with Gasteiger partial charge < -0.3 is 10.4 Å². The molecule has 0 aliphatic heterocycles. The smallest absolute Gasteiger partial charge is 0.0618 e. The monoisotopic (exact) mass is 273 g/mol. The van der Waals surface area contributed by atoms with Crippen molar-refractivity contribution in [2.24, 2.45) is 0 Å². The van der Waals surface area contributed by atoms with E-state index in [4.69, 9.17) is 11.6 Å². The Bertz CT molecular complexity index is 331. The van der Waals surface area contributed by atoms with E-state index in [1.807, 2.05) is 31.2 Å². The molecular weight excluding hydrogens is 254 g/mol. The van der Waals surface area contributed by atoms with Gasteiger partial charge in [0.15, 0.2) is 0 Å². The Labute approximate surface area is 113 Å². The molecule has 17 heavy (non-hydrogen) atoms. The molecule has 0 amide bonds. The van der Waals surface area contributed by atoms with Gasteiger partial charge in [-0.3, -0.25) is 0 Å². The van der Waals surface area contributed by atoms with Crippen LogP contribution < -0.4 is 5.32 Å². The third kappa shape index (κ3) is 5.30. The molecule has 1 unspecified atom stereocenters. The fourth-order valence-electron chi connectivity index (χ4n) is 1.35. The van der Waals surface area contributed by atoms with Crippen LogP contribution >= 0.6 is 23.4 Å². The van der Waals surface area contributed by atoms with E-state index in [1.165, 1.54) is 4.90 Å². The number of aliphatic hydroxyl groups is 1. The average molecular weight is 274 g/mol. The van der Waals surface area contributed by atoms with E-state index in [-0.39, 0.29) is 12.1 Å². The fraction of sp³-hybridized carbons (Fsp3) is 0.538. The fourth-order valence-corrected chi connectivity index (χ4v) is 2.49. The first-order chi connectivity index (χ1) is 8.09. The Balaban J connectivity index is 2.49. The molecule has 0 bridgehead atoms. The van der Waals surface area contributed by atoms with Gasteiger partial charge in [0.1, 0.15) is 0 Å². The summed E-state index contributed by atoms with van der Waals surface area (Å²) < 4.78 is 0. The molecule has 4 heteroatoms. The summed E-state index contributed by atoms with van der Waals surface area (Å²) in [5, 5.41) is 13.6. The van der Waals surface area contributed by atoms with Crippen LogP contribution in [0.3, 0.4) is 0 Å². The first-order valence-electron chi connectivity index (χ1n) is 5.84. The van der Waals surface area contributed by atoms with Crippen LogP contribution in [0.1, 0.15) is 20.3 Å². The van der Waals surface area contributed by atoms with Gasteiger partial charge in [-0.25, -0.2) is 0 Å². The second-order valence-electron chi connectivity index (χ2n) is 4.39. The summed E-state index contributed by atoms with van der Waals surface area (Å²) in [6.45, 7) is 5.24. The minimum absolute atomic E-state index is 0.146. The van der Waals surface area contributed by atoms with Crippen molar-refractivity contribution in [3.63, 3.8) is 0 Å². The average Bonchev–Trinajstić information content (AvgIpc) is 2.36. The van der Waals surface area contributed by atoms with Crippen LogP contribution in [0.15, 0.2) is 29.2 Å². The van der Waals surface area contributed by atoms with E-state index < -0.39 is 0 Å². The summed E-state index contributed by atoms with van der Waals surface area (Å²) in [5.74, 6) is 0.838. The lowest BCUT2D eigenvalue weighted by molar-refractivity contribution is 0.192. The van der Waals surface area contributed by atoms with E-state index in [0.29, 0.717) is 0 Å². The molecule has 0 spiro atoms. The molecule has 0 fully saturated rings. The van der Waals surface area contributed by atoms with Gasteiger partial charge in [0.2, 0.25) is 0 Å². The second-order valence-corrected chi connectivity index (χ2v) is 5.87. The van der Waals surface area contributed by atoms with Crippen molar-refractivity contribution in [1.29, 1.82) is 0 Å². The lowest BCUT2D eigenvalue weighted by Crippen LogP contribution is -2.48. The van der Waals surface area contributed by atoms with Gasteiger partial charge in [0.25, 0.3) is 0 Å². The van der Waals surface area contributed by atoms with Crippen LogP contribution in [0.25, 0.3) is 0 Å². The summed E-state index contributed by atoms with van der Waals surface area (Å²) in [6.07, 6.45) is 1.07. The van der Waals surface area contributed by atoms with Gasteiger partial charge in [0.05, 0.1) is 6.61 Å². The maximum absolute atomic E-state index is 9.44. The zero-order valence-electron chi connectivity index (χ0n) is 10.4. The van der Waals surface area contributed by atoms with E-state index in [1.54, 1.807) is 11.8 Å². The minimum atomic E-state index is -0.222. The second kappa shape index (κ2) is 7.27. The molecule has 0 saturated carbocycles. The summed E-state index contributed by atoms with van der Waals surface area (Å²) in [5.41, 5.74) is -0.222. The van der Waals surface area contributed by atoms with Crippen LogP contribution in [-0.4, -0.2) is 29.5 Å². The molecule has 2 nitrogen and oxygen atoms in total.